The average Bonchev–Trinajstić information content (AvgIpc) is 3.30. The van der Waals surface area contributed by atoms with E-state index in [4.69, 9.17) is 32.7 Å². The first-order chi connectivity index (χ1) is 17.5. The summed E-state index contributed by atoms with van der Waals surface area (Å²) in [5.41, 5.74) is 2.31. The molecule has 0 fully saturated rings. The minimum absolute atomic E-state index is 0.109. The molecule has 0 bridgehead atoms. The molecule has 0 atom stereocenters. The fraction of sp³-hybridized carbons (Fsp3) is 0.160. The quantitative estimate of drug-likeness (QED) is 0.244. The van der Waals surface area contributed by atoms with Gasteiger partial charge in [-0.25, -0.2) is 4.79 Å². The molecule has 0 saturated heterocycles. The van der Waals surface area contributed by atoms with Crippen LogP contribution < -0.4 is 20.1 Å². The summed E-state index contributed by atoms with van der Waals surface area (Å²) in [4.78, 5) is 12.5. The number of nitrogens with one attached hydrogen (secondary N) is 2. The molecule has 4 aromatic rings. The number of carbonyl (C=O) groups is 1. The van der Waals surface area contributed by atoms with Crippen molar-refractivity contribution >= 4 is 46.7 Å². The van der Waals surface area contributed by atoms with Gasteiger partial charge in [-0.1, -0.05) is 47.1 Å². The van der Waals surface area contributed by atoms with Crippen molar-refractivity contribution < 1.29 is 14.3 Å². The smallest absolute Gasteiger partial charge is 0.319 e. The lowest BCUT2D eigenvalue weighted by Crippen LogP contribution is -2.29. The van der Waals surface area contributed by atoms with Crippen LogP contribution in [0.15, 0.2) is 71.9 Å². The predicted molar refractivity (Wildman–Crippen MR) is 143 cm³/mol. The van der Waals surface area contributed by atoms with E-state index >= 15 is 0 Å². The third-order valence-electron chi connectivity index (χ3n) is 5.11. The number of carbonyl (C=O) groups excluding carboxylic acids is 1. The molecule has 0 unspecified atom stereocenters. The summed E-state index contributed by atoms with van der Waals surface area (Å²) in [5.74, 6) is 2.60. The zero-order chi connectivity index (χ0) is 25.5. The minimum Gasteiger partial charge on any atom is -0.497 e. The average molecular weight is 544 g/mol. The Balaban J connectivity index is 1.53. The molecular weight excluding hydrogens is 521 g/mol. The summed E-state index contributed by atoms with van der Waals surface area (Å²) in [6, 6.07) is 19.6. The SMILES string of the molecule is COc1ccc(NC(=O)NCc2nnc(SCc3cccc(OC)c3)n2-c2cc(Cl)ccc2Cl)cc1. The lowest BCUT2D eigenvalue weighted by atomic mass is 10.2. The largest absolute Gasteiger partial charge is 0.497 e. The number of hydrogen-bond donors (Lipinski definition) is 2. The number of amides is 2. The van der Waals surface area contributed by atoms with Crippen LogP contribution in [0.2, 0.25) is 10.0 Å². The van der Waals surface area contributed by atoms with Gasteiger partial charge in [0.2, 0.25) is 0 Å². The molecule has 0 saturated carbocycles. The van der Waals surface area contributed by atoms with E-state index in [0.29, 0.717) is 43.9 Å². The lowest BCUT2D eigenvalue weighted by molar-refractivity contribution is 0.251. The van der Waals surface area contributed by atoms with E-state index in [-0.39, 0.29) is 6.54 Å². The standard InChI is InChI=1S/C25H23Cl2N5O3S/c1-34-19-9-7-18(8-10-19)29-24(33)28-14-23-30-31-25(32(23)22-13-17(26)6-11-21(22)27)36-15-16-4-3-5-20(12-16)35-2/h3-13H,14-15H2,1-2H3,(H2,28,29,33). The molecule has 0 spiro atoms. The van der Waals surface area contributed by atoms with Crippen LogP contribution in [0.1, 0.15) is 11.4 Å². The molecule has 8 nitrogen and oxygen atoms in total. The van der Waals surface area contributed by atoms with Gasteiger partial charge in [-0.2, -0.15) is 0 Å². The number of aromatic nitrogens is 3. The molecule has 1 heterocycles. The number of urea groups is 1. The molecule has 0 aliphatic carbocycles. The van der Waals surface area contributed by atoms with Crippen molar-refractivity contribution in [2.45, 2.75) is 17.5 Å². The molecule has 3 aromatic carbocycles. The summed E-state index contributed by atoms with van der Waals surface area (Å²) >= 11 is 14.3. The summed E-state index contributed by atoms with van der Waals surface area (Å²) in [7, 11) is 3.22. The van der Waals surface area contributed by atoms with E-state index in [1.165, 1.54) is 11.8 Å². The number of methoxy groups -OCH3 is 2. The number of halogens is 2. The summed E-state index contributed by atoms with van der Waals surface area (Å²) < 4.78 is 12.3. The maximum absolute atomic E-state index is 12.5. The maximum atomic E-state index is 12.5. The van der Waals surface area contributed by atoms with Gasteiger partial charge in [-0.15, -0.1) is 10.2 Å². The Morgan fingerprint density at radius 1 is 0.972 bits per heavy atom. The molecule has 4 rings (SSSR count). The number of ether oxygens (including phenoxy) is 2. The van der Waals surface area contributed by atoms with Gasteiger partial charge in [-0.3, -0.25) is 4.57 Å². The van der Waals surface area contributed by atoms with Crippen molar-refractivity contribution in [3.8, 4) is 17.2 Å². The second-order valence-electron chi connectivity index (χ2n) is 7.51. The molecule has 0 radical (unpaired) electrons. The minimum atomic E-state index is -0.391. The highest BCUT2D eigenvalue weighted by atomic mass is 35.5. The van der Waals surface area contributed by atoms with Crippen molar-refractivity contribution in [2.75, 3.05) is 19.5 Å². The van der Waals surface area contributed by atoms with Crippen LogP contribution in [0.3, 0.4) is 0 Å². The van der Waals surface area contributed by atoms with Crippen LogP contribution in [0, 0.1) is 0 Å². The van der Waals surface area contributed by atoms with Crippen molar-refractivity contribution in [1.29, 1.82) is 0 Å². The highest BCUT2D eigenvalue weighted by Crippen LogP contribution is 2.31. The number of nitrogens with zero attached hydrogens (tertiary/aromatic N) is 3. The third-order valence-corrected chi connectivity index (χ3v) is 6.66. The Bertz CT molecular complexity index is 1350. The van der Waals surface area contributed by atoms with Gasteiger partial charge in [0.25, 0.3) is 0 Å². The predicted octanol–water partition coefficient (Wildman–Crippen LogP) is 6.21. The Kier molecular flexibility index (Phi) is 8.58. The number of anilines is 1. The number of hydrogen-bond acceptors (Lipinski definition) is 6. The fourth-order valence-corrected chi connectivity index (χ4v) is 4.60. The molecule has 0 aliphatic heterocycles. The normalized spacial score (nSPS) is 10.7. The third kappa shape index (κ3) is 6.42. The van der Waals surface area contributed by atoms with Crippen LogP contribution >= 0.6 is 35.0 Å². The van der Waals surface area contributed by atoms with E-state index in [2.05, 4.69) is 20.8 Å². The first kappa shape index (κ1) is 25.7. The highest BCUT2D eigenvalue weighted by molar-refractivity contribution is 7.98. The van der Waals surface area contributed by atoms with E-state index in [1.54, 1.807) is 61.3 Å². The van der Waals surface area contributed by atoms with Gasteiger partial charge in [-0.05, 0) is 60.2 Å². The Morgan fingerprint density at radius 2 is 1.75 bits per heavy atom. The van der Waals surface area contributed by atoms with Crippen molar-refractivity contribution in [2.24, 2.45) is 0 Å². The first-order valence-corrected chi connectivity index (χ1v) is 12.6. The Labute approximate surface area is 222 Å². The highest BCUT2D eigenvalue weighted by Gasteiger charge is 2.18. The number of benzene rings is 3. The summed E-state index contributed by atoms with van der Waals surface area (Å²) in [5, 5.41) is 15.9. The fourth-order valence-electron chi connectivity index (χ4n) is 3.33. The molecule has 36 heavy (non-hydrogen) atoms. The first-order valence-electron chi connectivity index (χ1n) is 10.8. The molecule has 186 valence electrons. The van der Waals surface area contributed by atoms with Crippen LogP contribution in [-0.2, 0) is 12.3 Å². The van der Waals surface area contributed by atoms with E-state index in [9.17, 15) is 4.79 Å². The molecule has 2 amide bonds. The van der Waals surface area contributed by atoms with Crippen molar-refractivity contribution in [3.05, 3.63) is 88.2 Å². The van der Waals surface area contributed by atoms with E-state index in [0.717, 1.165) is 11.3 Å². The van der Waals surface area contributed by atoms with Crippen LogP contribution in [0.25, 0.3) is 5.69 Å². The second-order valence-corrected chi connectivity index (χ2v) is 9.29. The number of rotatable bonds is 9. The van der Waals surface area contributed by atoms with Crippen molar-refractivity contribution in [3.63, 3.8) is 0 Å². The zero-order valence-electron chi connectivity index (χ0n) is 19.5. The van der Waals surface area contributed by atoms with Gasteiger partial charge >= 0.3 is 6.03 Å². The zero-order valence-corrected chi connectivity index (χ0v) is 21.8. The lowest BCUT2D eigenvalue weighted by Gasteiger charge is -2.13. The van der Waals surface area contributed by atoms with Gasteiger partial charge in [0.05, 0.1) is 31.5 Å². The van der Waals surface area contributed by atoms with Crippen LogP contribution in [0.5, 0.6) is 11.5 Å². The van der Waals surface area contributed by atoms with Gasteiger partial charge in [0.15, 0.2) is 11.0 Å². The van der Waals surface area contributed by atoms with Gasteiger partial charge in [0, 0.05) is 16.5 Å². The van der Waals surface area contributed by atoms with Crippen LogP contribution in [-0.4, -0.2) is 35.0 Å². The Hall–Kier alpha value is -3.40. The van der Waals surface area contributed by atoms with Gasteiger partial charge < -0.3 is 20.1 Å². The molecule has 0 aliphatic rings. The summed E-state index contributed by atoms with van der Waals surface area (Å²) in [6.45, 7) is 0.109. The summed E-state index contributed by atoms with van der Waals surface area (Å²) in [6.07, 6.45) is 0. The van der Waals surface area contributed by atoms with Crippen LogP contribution in [0.4, 0.5) is 10.5 Å². The number of thioether (sulfide) groups is 1. The second kappa shape index (κ2) is 12.0. The van der Waals surface area contributed by atoms with Crippen molar-refractivity contribution in [1.82, 2.24) is 20.1 Å². The Morgan fingerprint density at radius 3 is 2.50 bits per heavy atom. The topological polar surface area (TPSA) is 90.3 Å². The van der Waals surface area contributed by atoms with Gasteiger partial charge in [0.1, 0.15) is 11.5 Å². The molecule has 1 aromatic heterocycles. The molecule has 2 N–H and O–H groups in total. The maximum Gasteiger partial charge on any atom is 0.319 e. The molecule has 11 heteroatoms. The van der Waals surface area contributed by atoms with E-state index < -0.39 is 6.03 Å². The molecular formula is C25H23Cl2N5O3S. The monoisotopic (exact) mass is 543 g/mol. The van der Waals surface area contributed by atoms with E-state index in [1.807, 2.05) is 24.3 Å².